The van der Waals surface area contributed by atoms with Crippen LogP contribution in [0.3, 0.4) is 0 Å². The van der Waals surface area contributed by atoms with Gasteiger partial charge in [0.05, 0.1) is 7.98 Å². The van der Waals surface area contributed by atoms with Crippen LogP contribution in [0.1, 0.15) is 7.57 Å². The monoisotopic (exact) mass is 279 g/mol. The van der Waals surface area contributed by atoms with Gasteiger partial charge in [-0.3, -0.25) is 14.3 Å². The van der Waals surface area contributed by atoms with E-state index < -0.39 is 41.3 Å². The molecule has 0 amide bonds. The molecule has 2 rings (SSSR count). The molecule has 2 heterocycles. The fourth-order valence-electron chi connectivity index (χ4n) is 1.57. The predicted octanol–water partition coefficient (Wildman–Crippen LogP) is -2.29. The van der Waals surface area contributed by atoms with Gasteiger partial charge in [0.1, 0.15) is 12.2 Å². The number of ether oxygens (including phenoxy) is 1. The summed E-state index contributed by atoms with van der Waals surface area (Å²) in [5, 5.41) is 26.4. The molecule has 4 atom stereocenters. The van der Waals surface area contributed by atoms with Gasteiger partial charge in [-0.1, -0.05) is 11.6 Å². The molecule has 9 heteroatoms. The lowest BCUT2D eigenvalue weighted by molar-refractivity contribution is -0.0787. The highest BCUT2D eigenvalue weighted by Gasteiger charge is 2.54. The molecule has 0 saturated carbocycles. The summed E-state index contributed by atoms with van der Waals surface area (Å²) < 4.78 is 13.4. The maximum Gasteiger partial charge on any atom is 0.330 e. The Hall–Kier alpha value is -1.19. The Morgan fingerprint density at radius 2 is 2.28 bits per heavy atom. The fourth-order valence-corrected chi connectivity index (χ4v) is 1.77. The first-order chi connectivity index (χ1) is 8.74. The number of nitrogens with zero attached hydrogens (tertiary/aromatic N) is 1. The van der Waals surface area contributed by atoms with Gasteiger partial charge in [0.15, 0.2) is 11.3 Å². The summed E-state index contributed by atoms with van der Waals surface area (Å²) in [6, 6.07) is 0.938. The Morgan fingerprint density at radius 1 is 1.61 bits per heavy atom. The summed E-state index contributed by atoms with van der Waals surface area (Å²) in [6.45, 7) is -0.883. The topological polar surface area (TPSA) is 125 Å². The van der Waals surface area contributed by atoms with Crippen LogP contribution in [0, 0.1) is 0 Å². The highest BCUT2D eigenvalue weighted by atomic mass is 35.5. The third-order valence-electron chi connectivity index (χ3n) is 2.54. The average Bonchev–Trinajstić information content (AvgIpc) is 2.52. The molecule has 0 radical (unpaired) electrons. The van der Waals surface area contributed by atoms with Crippen molar-refractivity contribution in [1.29, 1.82) is 0 Å². The van der Waals surface area contributed by atoms with Crippen LogP contribution >= 0.6 is 11.6 Å². The zero-order valence-electron chi connectivity index (χ0n) is 9.91. The van der Waals surface area contributed by atoms with E-state index in [4.69, 9.17) is 22.8 Å². The minimum Gasteiger partial charge on any atom is -0.392 e. The SMILES string of the molecule is [2H][C@@]1(n2ccc(=O)[nH]c2=O)O[C@](Cl)(CO)[C@@H](O)[C@H]1O. The van der Waals surface area contributed by atoms with Crippen molar-refractivity contribution in [2.45, 2.75) is 23.5 Å². The molecular formula is C9H11ClN2O6. The second-order valence-electron chi connectivity index (χ2n) is 3.75. The molecule has 8 nitrogen and oxygen atoms in total. The summed E-state index contributed by atoms with van der Waals surface area (Å²) in [7, 11) is 0. The van der Waals surface area contributed by atoms with Crippen LogP contribution in [0.2, 0.25) is 0 Å². The number of aromatic nitrogens is 2. The Balaban J connectivity index is 2.55. The lowest BCUT2D eigenvalue weighted by atomic mass is 10.1. The first-order valence-corrected chi connectivity index (χ1v) is 5.31. The minimum atomic E-state index is -2.47. The number of halogens is 1. The third-order valence-corrected chi connectivity index (χ3v) is 2.97. The van der Waals surface area contributed by atoms with Gasteiger partial charge in [0, 0.05) is 12.3 Å². The molecule has 4 N–H and O–H groups in total. The first kappa shape index (κ1) is 11.9. The lowest BCUT2D eigenvalue weighted by Crippen LogP contribution is -2.41. The first-order valence-electron chi connectivity index (χ1n) is 5.43. The van der Waals surface area contributed by atoms with Crippen LogP contribution < -0.4 is 11.2 Å². The zero-order chi connectivity index (χ0) is 14.4. The minimum absolute atomic E-state index is 0.558. The Morgan fingerprint density at radius 3 is 2.78 bits per heavy atom. The van der Waals surface area contributed by atoms with Gasteiger partial charge in [-0.15, -0.1) is 0 Å². The van der Waals surface area contributed by atoms with Crippen molar-refractivity contribution in [2.75, 3.05) is 6.61 Å². The van der Waals surface area contributed by atoms with Crippen molar-refractivity contribution in [2.24, 2.45) is 0 Å². The highest BCUT2D eigenvalue weighted by Crippen LogP contribution is 2.38. The van der Waals surface area contributed by atoms with Crippen molar-refractivity contribution >= 4 is 11.6 Å². The summed E-state index contributed by atoms with van der Waals surface area (Å²) in [4.78, 5) is 24.4. The van der Waals surface area contributed by atoms with E-state index >= 15 is 0 Å². The maximum atomic E-state index is 11.6. The van der Waals surface area contributed by atoms with Gasteiger partial charge in [-0.25, -0.2) is 4.79 Å². The van der Waals surface area contributed by atoms with Gasteiger partial charge in [-0.2, -0.15) is 0 Å². The van der Waals surface area contributed by atoms with Crippen LogP contribution in [0.25, 0.3) is 0 Å². The van der Waals surface area contributed by atoms with E-state index in [9.17, 15) is 19.8 Å². The summed E-state index contributed by atoms with van der Waals surface area (Å²) in [6.07, 6.45) is -5.24. The number of hydrogen-bond acceptors (Lipinski definition) is 6. The molecule has 1 aliphatic rings. The Bertz CT molecular complexity index is 605. The predicted molar refractivity (Wildman–Crippen MR) is 59.1 cm³/mol. The van der Waals surface area contributed by atoms with Crippen LogP contribution in [-0.2, 0) is 4.74 Å². The van der Waals surface area contributed by atoms with Crippen LogP contribution in [-0.4, -0.2) is 48.7 Å². The van der Waals surface area contributed by atoms with E-state index in [1.54, 1.807) is 0 Å². The molecule has 0 spiro atoms. The molecule has 1 aliphatic heterocycles. The number of nitrogens with one attached hydrogen (secondary N) is 1. The third kappa shape index (κ3) is 1.98. The molecule has 0 aliphatic carbocycles. The van der Waals surface area contributed by atoms with Crippen molar-refractivity contribution in [3.63, 3.8) is 0 Å². The maximum absolute atomic E-state index is 11.6. The number of alkyl halides is 1. The van der Waals surface area contributed by atoms with E-state index in [-0.39, 0.29) is 0 Å². The Labute approximate surface area is 106 Å². The largest absolute Gasteiger partial charge is 0.392 e. The second-order valence-corrected chi connectivity index (χ2v) is 4.39. The van der Waals surface area contributed by atoms with E-state index in [2.05, 4.69) is 0 Å². The molecular weight excluding hydrogens is 268 g/mol. The van der Waals surface area contributed by atoms with E-state index in [0.717, 1.165) is 12.3 Å². The number of aliphatic hydroxyl groups excluding tert-OH is 3. The summed E-state index contributed by atoms with van der Waals surface area (Å²) in [5.41, 5.74) is -1.72. The molecule has 0 bridgehead atoms. The van der Waals surface area contributed by atoms with Gasteiger partial charge in [0.25, 0.3) is 5.56 Å². The Kier molecular flexibility index (Phi) is 2.96. The molecule has 18 heavy (non-hydrogen) atoms. The molecule has 1 aromatic rings. The summed E-state index contributed by atoms with van der Waals surface area (Å²) in [5.74, 6) is 0. The van der Waals surface area contributed by atoms with Crippen molar-refractivity contribution in [1.82, 2.24) is 9.55 Å². The van der Waals surface area contributed by atoms with Gasteiger partial charge < -0.3 is 20.1 Å². The van der Waals surface area contributed by atoms with Gasteiger partial charge in [-0.05, 0) is 0 Å². The fraction of sp³-hybridized carbons (Fsp3) is 0.556. The van der Waals surface area contributed by atoms with Crippen molar-refractivity contribution in [3.05, 3.63) is 33.1 Å². The average molecular weight is 280 g/mol. The van der Waals surface area contributed by atoms with Crippen molar-refractivity contribution < 1.29 is 21.4 Å². The number of H-pyrrole nitrogens is 1. The molecule has 1 fully saturated rings. The number of aliphatic hydroxyl groups is 3. The smallest absolute Gasteiger partial charge is 0.330 e. The van der Waals surface area contributed by atoms with E-state index in [1.807, 2.05) is 4.98 Å². The van der Waals surface area contributed by atoms with E-state index in [0.29, 0.717) is 4.57 Å². The standard InChI is InChI=1S/C9H11ClN2O6/c10-9(3-13)6(16)5(15)7(18-9)12-2-1-4(14)11-8(12)17/h1-2,5-7,13,15-16H,3H2,(H,11,14,17)/t5-,6+,7-,9-/m1/s1/i7D. The van der Waals surface area contributed by atoms with Gasteiger partial charge >= 0.3 is 5.69 Å². The quantitative estimate of drug-likeness (QED) is 0.452. The molecule has 100 valence electrons. The van der Waals surface area contributed by atoms with Crippen LogP contribution in [0.4, 0.5) is 0 Å². The molecule has 0 aromatic carbocycles. The summed E-state index contributed by atoms with van der Waals surface area (Å²) >= 11 is 5.73. The number of hydrogen-bond donors (Lipinski definition) is 4. The molecule has 0 unspecified atom stereocenters. The second kappa shape index (κ2) is 4.48. The molecule has 1 aromatic heterocycles. The number of rotatable bonds is 2. The normalized spacial score (nSPS) is 40.8. The van der Waals surface area contributed by atoms with Crippen LogP contribution in [0.15, 0.2) is 21.9 Å². The molecule has 1 saturated heterocycles. The van der Waals surface area contributed by atoms with E-state index in [1.165, 1.54) is 0 Å². The highest BCUT2D eigenvalue weighted by molar-refractivity contribution is 6.23. The van der Waals surface area contributed by atoms with Crippen LogP contribution in [0.5, 0.6) is 0 Å². The van der Waals surface area contributed by atoms with Gasteiger partial charge in [0.2, 0.25) is 0 Å². The lowest BCUT2D eigenvalue weighted by Gasteiger charge is -2.21. The number of aromatic amines is 1. The van der Waals surface area contributed by atoms with Crippen molar-refractivity contribution in [3.8, 4) is 0 Å². The zero-order valence-corrected chi connectivity index (χ0v) is 9.66.